The number of piperidine rings is 1. The maximum Gasteiger partial charge on any atom is 0.417 e. The van der Waals surface area contributed by atoms with Crippen LogP contribution in [0.25, 0.3) is 0 Å². The number of carbonyl (C=O) groups excluding carboxylic acids is 2. The van der Waals surface area contributed by atoms with E-state index < -0.39 is 63.2 Å². The van der Waals surface area contributed by atoms with Gasteiger partial charge >= 0.3 is 18.5 Å². The third-order valence-corrected chi connectivity index (χ3v) is 7.91. The Hall–Kier alpha value is -4.01. The Morgan fingerprint density at radius 1 is 0.795 bits per heavy atom. The highest BCUT2D eigenvalue weighted by molar-refractivity contribution is 6.33. The van der Waals surface area contributed by atoms with Gasteiger partial charge < -0.3 is 9.80 Å². The second-order valence-electron chi connectivity index (χ2n) is 10.3. The van der Waals surface area contributed by atoms with E-state index in [9.17, 15) is 49.1 Å². The largest absolute Gasteiger partial charge is 0.417 e. The highest BCUT2D eigenvalue weighted by Crippen LogP contribution is 2.43. The summed E-state index contributed by atoms with van der Waals surface area (Å²) in [4.78, 5) is 34.8. The van der Waals surface area contributed by atoms with Gasteiger partial charge in [0.1, 0.15) is 12.2 Å². The molecule has 0 radical (unpaired) electrons. The van der Waals surface area contributed by atoms with Gasteiger partial charge in [0.25, 0.3) is 11.8 Å². The molecule has 0 bridgehead atoms. The van der Waals surface area contributed by atoms with Crippen molar-refractivity contribution in [1.29, 1.82) is 0 Å². The van der Waals surface area contributed by atoms with Gasteiger partial charge in [-0.15, -0.1) is 0 Å². The van der Waals surface area contributed by atoms with E-state index in [1.807, 2.05) is 0 Å². The lowest BCUT2D eigenvalue weighted by Crippen LogP contribution is -2.57. The molecule has 2 fully saturated rings. The van der Waals surface area contributed by atoms with Crippen LogP contribution in [0, 0.1) is 0 Å². The van der Waals surface area contributed by atoms with Crippen molar-refractivity contribution in [3.8, 4) is 0 Å². The van der Waals surface area contributed by atoms with Crippen LogP contribution in [0.3, 0.4) is 0 Å². The van der Waals surface area contributed by atoms with E-state index in [2.05, 4.69) is 4.98 Å². The quantitative estimate of drug-likeness (QED) is 0.280. The van der Waals surface area contributed by atoms with Crippen molar-refractivity contribution in [1.82, 2.24) is 9.88 Å². The number of benzene rings is 2. The molecular weight excluding hydrogens is 631 g/mol. The van der Waals surface area contributed by atoms with Crippen molar-refractivity contribution in [3.63, 3.8) is 0 Å². The Morgan fingerprint density at radius 3 is 1.84 bits per heavy atom. The molecule has 6 nitrogen and oxygen atoms in total. The maximum atomic E-state index is 14.0. The maximum absolute atomic E-state index is 14.0. The van der Waals surface area contributed by atoms with E-state index in [4.69, 9.17) is 11.6 Å². The summed E-state index contributed by atoms with van der Waals surface area (Å²) < 4.78 is 120. The van der Waals surface area contributed by atoms with Gasteiger partial charge in [0.05, 0.1) is 21.7 Å². The molecule has 3 aromatic rings. The number of pyridine rings is 1. The molecule has 0 N–H and O–H groups in total. The lowest BCUT2D eigenvalue weighted by molar-refractivity contribution is -0.143. The minimum atomic E-state index is -5.15. The molecule has 44 heavy (non-hydrogen) atoms. The van der Waals surface area contributed by atoms with Crippen molar-refractivity contribution in [2.75, 3.05) is 29.6 Å². The molecule has 5 rings (SSSR count). The molecule has 16 heteroatoms. The van der Waals surface area contributed by atoms with Crippen LogP contribution in [0.5, 0.6) is 0 Å². The highest BCUT2D eigenvalue weighted by atomic mass is 35.5. The summed E-state index contributed by atoms with van der Waals surface area (Å²) >= 11 is 6.14. The molecule has 0 aliphatic carbocycles. The van der Waals surface area contributed by atoms with E-state index >= 15 is 0 Å². The molecule has 2 saturated heterocycles. The third kappa shape index (κ3) is 5.76. The van der Waals surface area contributed by atoms with Crippen LogP contribution in [0.1, 0.15) is 39.9 Å². The molecule has 1 aromatic heterocycles. The number of carbonyl (C=O) groups is 2. The number of anilines is 2. The summed E-state index contributed by atoms with van der Waals surface area (Å²) in [6, 6.07) is 9.70. The summed E-state index contributed by atoms with van der Waals surface area (Å²) in [6.07, 6.45) is -14.7. The number of alkyl halides is 9. The standard InChI is InChI=1S/C28H20ClF9N4O2/c29-21-13-19(28(36,37)38)14-39-22(21)41-15-42(20-4-2-1-3-5-20)25(24(41)44)6-8-40(9-7-25)23(43)16-10-17(26(30,31)32)12-18(11-16)27(33,34)35/h1-5,10-14H,6-9,15H2. The van der Waals surface area contributed by atoms with Gasteiger partial charge in [-0.1, -0.05) is 29.8 Å². The molecule has 2 aromatic carbocycles. The second kappa shape index (κ2) is 10.9. The van der Waals surface area contributed by atoms with Gasteiger partial charge in [0, 0.05) is 30.5 Å². The smallest absolute Gasteiger partial charge is 0.338 e. The van der Waals surface area contributed by atoms with Crippen LogP contribution in [0.15, 0.2) is 60.8 Å². The zero-order chi connectivity index (χ0) is 32.2. The van der Waals surface area contributed by atoms with Crippen LogP contribution in [-0.4, -0.2) is 47.0 Å². The van der Waals surface area contributed by atoms with E-state index in [0.29, 0.717) is 30.1 Å². The van der Waals surface area contributed by atoms with E-state index in [0.717, 1.165) is 9.80 Å². The summed E-state index contributed by atoms with van der Waals surface area (Å²) in [5, 5.41) is -0.434. The number of hydrogen-bond donors (Lipinski definition) is 0. The van der Waals surface area contributed by atoms with Gasteiger partial charge in [-0.25, -0.2) is 4.98 Å². The van der Waals surface area contributed by atoms with Crippen molar-refractivity contribution in [2.24, 2.45) is 0 Å². The molecule has 0 unspecified atom stereocenters. The average molecular weight is 651 g/mol. The lowest BCUT2D eigenvalue weighted by Gasteiger charge is -2.43. The average Bonchev–Trinajstić information content (AvgIpc) is 3.23. The minimum absolute atomic E-state index is 0.0775. The molecule has 234 valence electrons. The number of likely N-dealkylation sites (tertiary alicyclic amines) is 1. The van der Waals surface area contributed by atoms with E-state index in [1.165, 1.54) is 0 Å². The molecule has 0 atom stereocenters. The summed E-state index contributed by atoms with van der Waals surface area (Å²) in [5.74, 6) is -1.91. The zero-order valence-corrected chi connectivity index (χ0v) is 22.9. The normalized spacial score (nSPS) is 17.5. The number of nitrogens with zero attached hydrogens (tertiary/aromatic N) is 4. The molecule has 2 aliphatic heterocycles. The predicted octanol–water partition coefficient (Wildman–Crippen LogP) is 7.28. The van der Waals surface area contributed by atoms with Gasteiger partial charge in [-0.05, 0) is 49.2 Å². The number of aromatic nitrogens is 1. The summed E-state index contributed by atoms with van der Waals surface area (Å²) in [6.45, 7) is -0.640. The highest BCUT2D eigenvalue weighted by Gasteiger charge is 2.55. The van der Waals surface area contributed by atoms with Crippen molar-refractivity contribution in [3.05, 3.63) is 88.1 Å². The van der Waals surface area contributed by atoms with Crippen LogP contribution in [0.4, 0.5) is 51.0 Å². The number of para-hydroxylation sites is 1. The van der Waals surface area contributed by atoms with Crippen molar-refractivity contribution < 1.29 is 49.1 Å². The lowest BCUT2D eigenvalue weighted by atomic mass is 9.85. The van der Waals surface area contributed by atoms with Gasteiger partial charge in [0.2, 0.25) is 0 Å². The predicted molar refractivity (Wildman–Crippen MR) is 140 cm³/mol. The van der Waals surface area contributed by atoms with Crippen LogP contribution in [0.2, 0.25) is 5.02 Å². The first-order valence-electron chi connectivity index (χ1n) is 12.9. The number of rotatable bonds is 3. The number of amides is 2. The zero-order valence-electron chi connectivity index (χ0n) is 22.2. The molecule has 2 amide bonds. The first-order valence-corrected chi connectivity index (χ1v) is 13.3. The van der Waals surface area contributed by atoms with Gasteiger partial charge in [-0.3, -0.25) is 14.5 Å². The monoisotopic (exact) mass is 650 g/mol. The van der Waals surface area contributed by atoms with Crippen LogP contribution >= 0.6 is 11.6 Å². The minimum Gasteiger partial charge on any atom is -0.338 e. The third-order valence-electron chi connectivity index (χ3n) is 7.63. The first-order chi connectivity index (χ1) is 20.4. The Bertz CT molecular complexity index is 1550. The van der Waals surface area contributed by atoms with Gasteiger partial charge in [-0.2, -0.15) is 39.5 Å². The summed E-state index contributed by atoms with van der Waals surface area (Å²) in [7, 11) is 0. The van der Waals surface area contributed by atoms with Crippen LogP contribution in [-0.2, 0) is 23.3 Å². The van der Waals surface area contributed by atoms with E-state index in [1.54, 1.807) is 35.2 Å². The molecule has 0 saturated carbocycles. The molecule has 3 heterocycles. The molecule has 1 spiro atoms. The second-order valence-corrected chi connectivity index (χ2v) is 10.7. The SMILES string of the molecule is O=C(c1cc(C(F)(F)F)cc(C(F)(F)F)c1)N1CCC2(CC1)C(=O)N(c1ncc(C(F)(F)F)cc1Cl)CN2c1ccccc1. The fourth-order valence-corrected chi connectivity index (χ4v) is 5.68. The molecule has 2 aliphatic rings. The fourth-order valence-electron chi connectivity index (χ4n) is 5.42. The number of halogens is 10. The first kappa shape index (κ1) is 31.4. The van der Waals surface area contributed by atoms with E-state index in [-0.39, 0.29) is 44.5 Å². The van der Waals surface area contributed by atoms with Gasteiger partial charge in [0.15, 0.2) is 5.82 Å². The fraction of sp³-hybridized carbons (Fsp3) is 0.321. The molecular formula is C28H20ClF9N4O2. The Morgan fingerprint density at radius 2 is 1.34 bits per heavy atom. The topological polar surface area (TPSA) is 56.8 Å². The van der Waals surface area contributed by atoms with Crippen molar-refractivity contribution >= 4 is 34.9 Å². The Labute approximate surface area is 248 Å². The Balaban J connectivity index is 1.46. The summed E-state index contributed by atoms with van der Waals surface area (Å²) in [5.41, 5.74) is -6.05. The van der Waals surface area contributed by atoms with Crippen LogP contribution < -0.4 is 9.80 Å². The number of hydrogen-bond acceptors (Lipinski definition) is 4. The Kier molecular flexibility index (Phi) is 7.75. The van der Waals surface area contributed by atoms with Crippen molar-refractivity contribution in [2.45, 2.75) is 36.9 Å².